The molecular weight excluding hydrogens is 695 g/mol. The standard InChI is InChI=1S/C53H33N3O/c1-2-10-34(11-3-1)38-28-39(35-24-26-54-27-25-35)30-41(29-38)56-49-16-8-5-13-43(49)46-32-37(19-22-51(46)56)36-18-21-50-45(31-36)42-12-4-7-15-48(42)55(50)40-20-23-53-47(33-40)44-14-6-9-17-52(44)57-53/h1-33H. The van der Waals surface area contributed by atoms with Gasteiger partial charge in [-0.25, -0.2) is 0 Å². The predicted octanol–water partition coefficient (Wildman–Crippen LogP) is 14.2. The smallest absolute Gasteiger partial charge is 0.135 e. The number of furan rings is 1. The van der Waals surface area contributed by atoms with Crippen molar-refractivity contribution >= 4 is 65.6 Å². The summed E-state index contributed by atoms with van der Waals surface area (Å²) in [5.74, 6) is 0. The Hall–Kier alpha value is -7.69. The van der Waals surface area contributed by atoms with Gasteiger partial charge >= 0.3 is 0 Å². The molecule has 4 heterocycles. The molecule has 266 valence electrons. The minimum atomic E-state index is 0.901. The highest BCUT2D eigenvalue weighted by molar-refractivity contribution is 6.13. The van der Waals surface area contributed by atoms with Gasteiger partial charge in [0, 0.05) is 56.1 Å². The number of nitrogens with zero attached hydrogens (tertiary/aromatic N) is 3. The van der Waals surface area contributed by atoms with Crippen LogP contribution in [0.15, 0.2) is 205 Å². The van der Waals surface area contributed by atoms with Gasteiger partial charge in [0.1, 0.15) is 11.2 Å². The van der Waals surface area contributed by atoms with Gasteiger partial charge in [0.05, 0.1) is 22.1 Å². The fourth-order valence-electron chi connectivity index (χ4n) is 8.96. The summed E-state index contributed by atoms with van der Waals surface area (Å²) in [6, 6.07) is 67.9. The van der Waals surface area contributed by atoms with Crippen molar-refractivity contribution in [1.29, 1.82) is 0 Å². The molecule has 4 nitrogen and oxygen atoms in total. The van der Waals surface area contributed by atoms with Crippen molar-refractivity contribution in [3.05, 3.63) is 200 Å². The van der Waals surface area contributed by atoms with E-state index in [9.17, 15) is 0 Å². The molecule has 0 aliphatic rings. The van der Waals surface area contributed by atoms with Crippen LogP contribution in [0.2, 0.25) is 0 Å². The second-order valence-electron chi connectivity index (χ2n) is 14.8. The van der Waals surface area contributed by atoms with E-state index >= 15 is 0 Å². The Bertz CT molecular complexity index is 3460. The molecular formula is C53H33N3O. The van der Waals surface area contributed by atoms with Crippen LogP contribution in [-0.2, 0) is 0 Å². The topological polar surface area (TPSA) is 35.9 Å². The van der Waals surface area contributed by atoms with Crippen LogP contribution >= 0.6 is 0 Å². The van der Waals surface area contributed by atoms with Crippen molar-refractivity contribution in [3.63, 3.8) is 0 Å². The molecule has 4 heteroatoms. The number of para-hydroxylation sites is 3. The first kappa shape index (κ1) is 31.6. The lowest BCUT2D eigenvalue weighted by Gasteiger charge is -2.14. The molecule has 12 aromatic rings. The molecule has 0 spiro atoms. The zero-order valence-electron chi connectivity index (χ0n) is 30.8. The maximum absolute atomic E-state index is 6.18. The molecule has 0 N–H and O–H groups in total. The number of pyridine rings is 1. The SMILES string of the molecule is c1ccc(-c2cc(-c3ccncc3)cc(-n3c4ccccc4c4cc(-c5ccc6c(c5)c5ccccc5n6-c5ccc6oc7ccccc7c6c5)ccc43)c2)cc1. The summed E-state index contributed by atoms with van der Waals surface area (Å²) in [6.45, 7) is 0. The van der Waals surface area contributed by atoms with Crippen molar-refractivity contribution in [2.45, 2.75) is 0 Å². The van der Waals surface area contributed by atoms with Crippen molar-refractivity contribution < 1.29 is 4.42 Å². The summed E-state index contributed by atoms with van der Waals surface area (Å²) in [7, 11) is 0. The minimum absolute atomic E-state index is 0.901. The van der Waals surface area contributed by atoms with Crippen LogP contribution in [0.4, 0.5) is 0 Å². The largest absolute Gasteiger partial charge is 0.456 e. The first-order chi connectivity index (χ1) is 28.2. The van der Waals surface area contributed by atoms with E-state index in [1.165, 1.54) is 65.9 Å². The average molecular weight is 728 g/mol. The van der Waals surface area contributed by atoms with Crippen LogP contribution in [0.3, 0.4) is 0 Å². The fraction of sp³-hybridized carbons (Fsp3) is 0. The van der Waals surface area contributed by atoms with E-state index in [-0.39, 0.29) is 0 Å². The Balaban J connectivity index is 1.03. The zero-order valence-corrected chi connectivity index (χ0v) is 30.8. The van der Waals surface area contributed by atoms with Gasteiger partial charge in [-0.05, 0) is 124 Å². The summed E-state index contributed by atoms with van der Waals surface area (Å²) < 4.78 is 11.0. The summed E-state index contributed by atoms with van der Waals surface area (Å²) in [4.78, 5) is 4.29. The maximum Gasteiger partial charge on any atom is 0.135 e. The number of hydrogen-bond acceptors (Lipinski definition) is 2. The van der Waals surface area contributed by atoms with Gasteiger partial charge in [0.15, 0.2) is 0 Å². The van der Waals surface area contributed by atoms with Crippen molar-refractivity contribution in [1.82, 2.24) is 14.1 Å². The van der Waals surface area contributed by atoms with Crippen molar-refractivity contribution in [2.24, 2.45) is 0 Å². The third-order valence-corrected chi connectivity index (χ3v) is 11.6. The molecule has 8 aromatic carbocycles. The van der Waals surface area contributed by atoms with Crippen LogP contribution in [0.5, 0.6) is 0 Å². The molecule has 0 aliphatic carbocycles. The lowest BCUT2D eigenvalue weighted by Crippen LogP contribution is -1.96. The maximum atomic E-state index is 6.18. The molecule has 0 aliphatic heterocycles. The highest BCUT2D eigenvalue weighted by Gasteiger charge is 2.18. The highest BCUT2D eigenvalue weighted by Crippen LogP contribution is 2.40. The van der Waals surface area contributed by atoms with E-state index in [0.717, 1.165) is 44.4 Å². The van der Waals surface area contributed by atoms with E-state index in [2.05, 4.69) is 190 Å². The van der Waals surface area contributed by atoms with Gasteiger partial charge in [-0.1, -0.05) is 97.1 Å². The van der Waals surface area contributed by atoms with E-state index in [1.54, 1.807) is 0 Å². The Morgan fingerprint density at radius 2 is 0.825 bits per heavy atom. The molecule has 0 atom stereocenters. The number of hydrogen-bond donors (Lipinski definition) is 0. The molecule has 0 amide bonds. The van der Waals surface area contributed by atoms with E-state index in [4.69, 9.17) is 4.42 Å². The fourth-order valence-corrected chi connectivity index (χ4v) is 8.96. The monoisotopic (exact) mass is 727 g/mol. The van der Waals surface area contributed by atoms with Crippen LogP contribution < -0.4 is 0 Å². The van der Waals surface area contributed by atoms with Crippen LogP contribution in [0.1, 0.15) is 0 Å². The highest BCUT2D eigenvalue weighted by atomic mass is 16.3. The lowest BCUT2D eigenvalue weighted by atomic mass is 9.98. The first-order valence-corrected chi connectivity index (χ1v) is 19.3. The zero-order chi connectivity index (χ0) is 37.5. The number of aromatic nitrogens is 3. The predicted molar refractivity (Wildman–Crippen MR) is 237 cm³/mol. The number of fused-ring (bicyclic) bond motifs is 9. The van der Waals surface area contributed by atoms with Gasteiger partial charge < -0.3 is 13.6 Å². The number of benzene rings is 8. The summed E-state index contributed by atoms with van der Waals surface area (Å²) in [5, 5.41) is 7.16. The molecule has 0 saturated carbocycles. The summed E-state index contributed by atoms with van der Waals surface area (Å²) in [6.07, 6.45) is 3.73. The van der Waals surface area contributed by atoms with Crippen molar-refractivity contribution in [3.8, 4) is 44.8 Å². The number of rotatable bonds is 5. The first-order valence-electron chi connectivity index (χ1n) is 19.3. The second kappa shape index (κ2) is 12.4. The molecule has 0 bridgehead atoms. The van der Waals surface area contributed by atoms with Crippen LogP contribution in [0, 0.1) is 0 Å². The Labute approximate surface area is 328 Å². The molecule has 0 radical (unpaired) electrons. The normalized spacial score (nSPS) is 11.9. The molecule has 12 rings (SSSR count). The minimum Gasteiger partial charge on any atom is -0.456 e. The lowest BCUT2D eigenvalue weighted by molar-refractivity contribution is 0.669. The van der Waals surface area contributed by atoms with Gasteiger partial charge in [-0.3, -0.25) is 4.98 Å². The van der Waals surface area contributed by atoms with Gasteiger partial charge in [0.25, 0.3) is 0 Å². The molecule has 0 unspecified atom stereocenters. The Morgan fingerprint density at radius 3 is 1.49 bits per heavy atom. The van der Waals surface area contributed by atoms with E-state index < -0.39 is 0 Å². The van der Waals surface area contributed by atoms with Crippen molar-refractivity contribution in [2.75, 3.05) is 0 Å². The third kappa shape index (κ3) is 4.98. The van der Waals surface area contributed by atoms with Crippen LogP contribution in [0.25, 0.3) is 110 Å². The molecule has 0 fully saturated rings. The van der Waals surface area contributed by atoms with E-state index in [0.29, 0.717) is 0 Å². The Kier molecular flexibility index (Phi) is 6.89. The second-order valence-corrected chi connectivity index (χ2v) is 14.8. The third-order valence-electron chi connectivity index (χ3n) is 11.6. The quantitative estimate of drug-likeness (QED) is 0.177. The Morgan fingerprint density at radius 1 is 0.298 bits per heavy atom. The summed E-state index contributed by atoms with van der Waals surface area (Å²) in [5.41, 5.74) is 15.8. The van der Waals surface area contributed by atoms with Gasteiger partial charge in [-0.15, -0.1) is 0 Å². The van der Waals surface area contributed by atoms with E-state index in [1.807, 2.05) is 24.5 Å². The van der Waals surface area contributed by atoms with Crippen LogP contribution in [-0.4, -0.2) is 14.1 Å². The van der Waals surface area contributed by atoms with Gasteiger partial charge in [0.2, 0.25) is 0 Å². The molecule has 0 saturated heterocycles. The van der Waals surface area contributed by atoms with Gasteiger partial charge in [-0.2, -0.15) is 0 Å². The molecule has 57 heavy (non-hydrogen) atoms. The molecule has 4 aromatic heterocycles. The average Bonchev–Trinajstić information content (AvgIpc) is 3.94. The summed E-state index contributed by atoms with van der Waals surface area (Å²) >= 11 is 0.